The normalized spacial score (nSPS) is 15.1. The van der Waals surface area contributed by atoms with E-state index in [0.29, 0.717) is 31.9 Å². The standard InChI is InChI=1S/C19H21F2N3O2/c1-2-13-11-22-19(23-12-13)26-16-5-7-24(8-6-16)18(25)9-14-3-4-15(20)10-17(14)21/h3-4,10-12,16H,2,5-9H2,1H3. The van der Waals surface area contributed by atoms with E-state index in [1.165, 1.54) is 6.07 Å². The van der Waals surface area contributed by atoms with Gasteiger partial charge in [0.15, 0.2) is 0 Å². The van der Waals surface area contributed by atoms with E-state index in [0.717, 1.165) is 24.1 Å². The third kappa shape index (κ3) is 4.53. The van der Waals surface area contributed by atoms with E-state index in [2.05, 4.69) is 9.97 Å². The van der Waals surface area contributed by atoms with Crippen molar-refractivity contribution in [2.75, 3.05) is 13.1 Å². The molecule has 26 heavy (non-hydrogen) atoms. The predicted octanol–water partition coefficient (Wildman–Crippen LogP) is 2.93. The zero-order chi connectivity index (χ0) is 18.5. The maximum atomic E-state index is 13.7. The number of nitrogens with zero attached hydrogens (tertiary/aromatic N) is 3. The van der Waals surface area contributed by atoms with Crippen molar-refractivity contribution < 1.29 is 18.3 Å². The fraction of sp³-hybridized carbons (Fsp3) is 0.421. The minimum Gasteiger partial charge on any atom is -0.460 e. The summed E-state index contributed by atoms with van der Waals surface area (Å²) in [7, 11) is 0. The monoisotopic (exact) mass is 361 g/mol. The van der Waals surface area contributed by atoms with E-state index in [1.807, 2.05) is 6.92 Å². The van der Waals surface area contributed by atoms with E-state index < -0.39 is 11.6 Å². The fourth-order valence-corrected chi connectivity index (χ4v) is 2.90. The van der Waals surface area contributed by atoms with Gasteiger partial charge in [0.25, 0.3) is 0 Å². The summed E-state index contributed by atoms with van der Waals surface area (Å²) in [6, 6.07) is 3.62. The van der Waals surface area contributed by atoms with Crippen molar-refractivity contribution in [3.05, 3.63) is 53.4 Å². The number of hydrogen-bond acceptors (Lipinski definition) is 4. The number of piperidine rings is 1. The second-order valence-electron chi connectivity index (χ2n) is 6.34. The van der Waals surface area contributed by atoms with Gasteiger partial charge in [-0.15, -0.1) is 0 Å². The number of halogens is 2. The van der Waals surface area contributed by atoms with Gasteiger partial charge >= 0.3 is 6.01 Å². The number of carbonyl (C=O) groups excluding carboxylic acids is 1. The number of benzene rings is 1. The zero-order valence-electron chi connectivity index (χ0n) is 14.6. The summed E-state index contributed by atoms with van der Waals surface area (Å²) < 4.78 is 32.4. The van der Waals surface area contributed by atoms with Gasteiger partial charge in [-0.3, -0.25) is 4.79 Å². The highest BCUT2D eigenvalue weighted by atomic mass is 19.1. The molecule has 0 N–H and O–H groups in total. The molecular weight excluding hydrogens is 340 g/mol. The molecule has 1 amide bonds. The Morgan fingerprint density at radius 2 is 1.92 bits per heavy atom. The molecule has 2 aromatic rings. The third-order valence-electron chi connectivity index (χ3n) is 4.51. The Morgan fingerprint density at radius 1 is 1.23 bits per heavy atom. The maximum Gasteiger partial charge on any atom is 0.316 e. The Balaban J connectivity index is 1.50. The second kappa shape index (κ2) is 8.21. The summed E-state index contributed by atoms with van der Waals surface area (Å²) >= 11 is 0. The van der Waals surface area contributed by atoms with Crippen LogP contribution >= 0.6 is 0 Å². The SMILES string of the molecule is CCc1cnc(OC2CCN(C(=O)Cc3ccc(F)cc3F)CC2)nc1. The Kier molecular flexibility index (Phi) is 5.75. The van der Waals surface area contributed by atoms with Crippen molar-refractivity contribution in [3.63, 3.8) is 0 Å². The minimum absolute atomic E-state index is 0.0471. The lowest BCUT2D eigenvalue weighted by molar-refractivity contribution is -0.132. The quantitative estimate of drug-likeness (QED) is 0.822. The highest BCUT2D eigenvalue weighted by Crippen LogP contribution is 2.18. The molecule has 0 saturated carbocycles. The lowest BCUT2D eigenvalue weighted by Crippen LogP contribution is -2.42. The van der Waals surface area contributed by atoms with Crippen LogP contribution in [-0.4, -0.2) is 40.0 Å². The molecule has 1 aromatic carbocycles. The highest BCUT2D eigenvalue weighted by Gasteiger charge is 2.25. The summed E-state index contributed by atoms with van der Waals surface area (Å²) in [5.41, 5.74) is 1.25. The Morgan fingerprint density at radius 3 is 2.54 bits per heavy atom. The van der Waals surface area contributed by atoms with Gasteiger partial charge in [-0.25, -0.2) is 18.7 Å². The van der Waals surface area contributed by atoms with E-state index >= 15 is 0 Å². The Bertz CT molecular complexity index is 760. The molecule has 2 heterocycles. The summed E-state index contributed by atoms with van der Waals surface area (Å²) in [6.07, 6.45) is 5.58. The van der Waals surface area contributed by atoms with E-state index in [4.69, 9.17) is 4.74 Å². The average Bonchev–Trinajstić information content (AvgIpc) is 2.65. The molecule has 1 aromatic heterocycles. The average molecular weight is 361 g/mol. The van der Waals surface area contributed by atoms with Crippen molar-refractivity contribution in [1.29, 1.82) is 0 Å². The molecule has 1 aliphatic heterocycles. The predicted molar refractivity (Wildman–Crippen MR) is 91.7 cm³/mol. The van der Waals surface area contributed by atoms with Gasteiger partial charge in [0.1, 0.15) is 17.7 Å². The van der Waals surface area contributed by atoms with Gasteiger partial charge in [0, 0.05) is 44.4 Å². The number of ether oxygens (including phenoxy) is 1. The molecule has 138 valence electrons. The lowest BCUT2D eigenvalue weighted by atomic mass is 10.1. The molecular formula is C19H21F2N3O2. The fourth-order valence-electron chi connectivity index (χ4n) is 2.90. The number of rotatable bonds is 5. The van der Waals surface area contributed by atoms with E-state index in [9.17, 15) is 13.6 Å². The van der Waals surface area contributed by atoms with Crippen LogP contribution in [0, 0.1) is 11.6 Å². The number of carbonyl (C=O) groups is 1. The topological polar surface area (TPSA) is 55.3 Å². The van der Waals surface area contributed by atoms with Gasteiger partial charge in [-0.2, -0.15) is 0 Å². The van der Waals surface area contributed by atoms with Crippen LogP contribution in [-0.2, 0) is 17.6 Å². The molecule has 1 saturated heterocycles. The highest BCUT2D eigenvalue weighted by molar-refractivity contribution is 5.78. The summed E-state index contributed by atoms with van der Waals surface area (Å²) in [4.78, 5) is 22.4. The van der Waals surface area contributed by atoms with Crippen molar-refractivity contribution in [2.24, 2.45) is 0 Å². The van der Waals surface area contributed by atoms with Crippen molar-refractivity contribution in [3.8, 4) is 6.01 Å². The number of likely N-dealkylation sites (tertiary alicyclic amines) is 1. The van der Waals surface area contributed by atoms with Crippen molar-refractivity contribution >= 4 is 5.91 Å². The molecule has 0 unspecified atom stereocenters. The smallest absolute Gasteiger partial charge is 0.316 e. The molecule has 0 radical (unpaired) electrons. The molecule has 0 atom stereocenters. The Labute approximate surface area is 151 Å². The first kappa shape index (κ1) is 18.2. The molecule has 0 bridgehead atoms. The van der Waals surface area contributed by atoms with Gasteiger partial charge in [0.05, 0.1) is 6.42 Å². The zero-order valence-corrected chi connectivity index (χ0v) is 14.6. The summed E-state index contributed by atoms with van der Waals surface area (Å²) in [6.45, 7) is 3.09. The van der Waals surface area contributed by atoms with Gasteiger partial charge in [0.2, 0.25) is 5.91 Å². The molecule has 7 heteroatoms. The largest absolute Gasteiger partial charge is 0.460 e. The number of amides is 1. The number of hydrogen-bond donors (Lipinski definition) is 0. The molecule has 3 rings (SSSR count). The molecule has 0 aliphatic carbocycles. The van der Waals surface area contributed by atoms with Crippen LogP contribution in [0.25, 0.3) is 0 Å². The summed E-state index contributed by atoms with van der Waals surface area (Å²) in [5.74, 6) is -1.51. The molecule has 5 nitrogen and oxygen atoms in total. The second-order valence-corrected chi connectivity index (χ2v) is 6.34. The van der Waals surface area contributed by atoms with Crippen molar-refractivity contribution in [2.45, 2.75) is 38.7 Å². The molecule has 0 spiro atoms. The van der Waals surface area contributed by atoms with Crippen LogP contribution in [0.2, 0.25) is 0 Å². The van der Waals surface area contributed by atoms with Crippen LogP contribution in [0.15, 0.2) is 30.6 Å². The Hall–Kier alpha value is -2.57. The van der Waals surface area contributed by atoms with Gasteiger partial charge in [-0.05, 0) is 23.6 Å². The molecule has 1 aliphatic rings. The maximum absolute atomic E-state index is 13.7. The number of aromatic nitrogens is 2. The van der Waals surface area contributed by atoms with Crippen LogP contribution < -0.4 is 4.74 Å². The van der Waals surface area contributed by atoms with E-state index in [-0.39, 0.29) is 24.0 Å². The van der Waals surface area contributed by atoms with Gasteiger partial charge in [-0.1, -0.05) is 13.0 Å². The van der Waals surface area contributed by atoms with Gasteiger partial charge < -0.3 is 9.64 Å². The van der Waals surface area contributed by atoms with Crippen LogP contribution in [0.3, 0.4) is 0 Å². The number of aryl methyl sites for hydroxylation is 1. The van der Waals surface area contributed by atoms with E-state index in [1.54, 1.807) is 17.3 Å². The molecule has 1 fully saturated rings. The first-order valence-electron chi connectivity index (χ1n) is 8.74. The van der Waals surface area contributed by atoms with Crippen LogP contribution in [0.1, 0.15) is 30.9 Å². The lowest BCUT2D eigenvalue weighted by Gasteiger charge is -2.31. The third-order valence-corrected chi connectivity index (χ3v) is 4.51. The van der Waals surface area contributed by atoms with Crippen LogP contribution in [0.4, 0.5) is 8.78 Å². The minimum atomic E-state index is -0.691. The summed E-state index contributed by atoms with van der Waals surface area (Å²) in [5, 5.41) is 0. The first-order chi connectivity index (χ1) is 12.5. The first-order valence-corrected chi connectivity index (χ1v) is 8.74. The van der Waals surface area contributed by atoms with Crippen molar-refractivity contribution in [1.82, 2.24) is 14.9 Å². The van der Waals surface area contributed by atoms with Crippen LogP contribution in [0.5, 0.6) is 6.01 Å².